The Hall–Kier alpha value is -0.440. The average Bonchev–Trinajstić information content (AvgIpc) is 2.31. The lowest BCUT2D eigenvalue weighted by Gasteiger charge is -2.28. The number of hydrogen-bond acceptors (Lipinski definition) is 2. The van der Waals surface area contributed by atoms with Crippen molar-refractivity contribution in [3.8, 4) is 5.75 Å². The Bertz CT molecular complexity index is 441. The van der Waals surface area contributed by atoms with Gasteiger partial charge in [0, 0.05) is 17.1 Å². The fourth-order valence-corrected chi connectivity index (χ4v) is 2.74. The number of ether oxygens (including phenoxy) is 1. The van der Waals surface area contributed by atoms with Crippen molar-refractivity contribution in [2.24, 2.45) is 5.41 Å². The van der Waals surface area contributed by atoms with E-state index in [9.17, 15) is 0 Å². The van der Waals surface area contributed by atoms with Crippen LogP contribution in [0.25, 0.3) is 0 Å². The van der Waals surface area contributed by atoms with E-state index in [1.54, 1.807) is 0 Å². The molecule has 0 radical (unpaired) electrons. The van der Waals surface area contributed by atoms with Gasteiger partial charge in [0.25, 0.3) is 0 Å². The van der Waals surface area contributed by atoms with Crippen LogP contribution >= 0.6 is 23.2 Å². The van der Waals surface area contributed by atoms with Crippen molar-refractivity contribution in [3.05, 3.63) is 27.7 Å². The van der Waals surface area contributed by atoms with Crippen LogP contribution in [0.15, 0.2) is 12.1 Å². The first-order chi connectivity index (χ1) is 9.28. The van der Waals surface area contributed by atoms with Gasteiger partial charge in [0.05, 0.1) is 11.6 Å². The zero-order valence-corrected chi connectivity index (χ0v) is 14.5. The molecule has 1 aromatic rings. The summed E-state index contributed by atoms with van der Waals surface area (Å²) >= 11 is 12.7. The zero-order valence-electron chi connectivity index (χ0n) is 13.0. The van der Waals surface area contributed by atoms with Crippen LogP contribution < -0.4 is 10.1 Å². The Kier molecular flexibility index (Phi) is 6.63. The molecule has 4 heteroatoms. The van der Waals surface area contributed by atoms with Crippen LogP contribution in [-0.2, 0) is 0 Å². The topological polar surface area (TPSA) is 21.3 Å². The van der Waals surface area contributed by atoms with Crippen molar-refractivity contribution in [1.82, 2.24) is 5.32 Å². The Morgan fingerprint density at radius 2 is 1.80 bits per heavy atom. The van der Waals surface area contributed by atoms with Gasteiger partial charge in [0.2, 0.25) is 0 Å². The monoisotopic (exact) mass is 317 g/mol. The van der Waals surface area contributed by atoms with E-state index in [0.717, 1.165) is 18.5 Å². The van der Waals surface area contributed by atoms with Crippen LogP contribution in [0.1, 0.15) is 52.6 Å². The summed E-state index contributed by atoms with van der Waals surface area (Å²) in [5.41, 5.74) is 1.25. The second kappa shape index (κ2) is 7.53. The molecule has 0 saturated carbocycles. The van der Waals surface area contributed by atoms with Gasteiger partial charge in [-0.05, 0) is 36.9 Å². The number of halogens is 2. The molecule has 0 aliphatic carbocycles. The number of rotatable bonds is 6. The van der Waals surface area contributed by atoms with Gasteiger partial charge in [-0.3, -0.25) is 0 Å². The first-order valence-electron chi connectivity index (χ1n) is 7.13. The van der Waals surface area contributed by atoms with E-state index in [4.69, 9.17) is 27.9 Å². The van der Waals surface area contributed by atoms with Crippen molar-refractivity contribution in [2.75, 3.05) is 13.2 Å². The highest BCUT2D eigenvalue weighted by Crippen LogP contribution is 2.38. The van der Waals surface area contributed by atoms with Gasteiger partial charge >= 0.3 is 0 Å². The first-order valence-corrected chi connectivity index (χ1v) is 7.89. The van der Waals surface area contributed by atoms with E-state index in [2.05, 4.69) is 33.0 Å². The zero-order chi connectivity index (χ0) is 15.3. The molecule has 1 N–H and O–H groups in total. The van der Waals surface area contributed by atoms with Crippen molar-refractivity contribution in [2.45, 2.75) is 47.1 Å². The van der Waals surface area contributed by atoms with Gasteiger partial charge in [-0.25, -0.2) is 0 Å². The smallest absolute Gasteiger partial charge is 0.139 e. The minimum Gasteiger partial charge on any atom is -0.492 e. The standard InChI is InChI=1S/C16H25Cl2NO/c1-6-19-14(10-16(3,4)5)11-8-13(18)15(20-7-2)9-12(11)17/h8-9,14,19H,6-7,10H2,1-5H3. The lowest BCUT2D eigenvalue weighted by molar-refractivity contribution is 0.313. The third-order valence-electron chi connectivity index (χ3n) is 2.99. The van der Waals surface area contributed by atoms with Gasteiger partial charge in [0.1, 0.15) is 5.75 Å². The van der Waals surface area contributed by atoms with Crippen LogP contribution in [0, 0.1) is 5.41 Å². The number of nitrogens with one attached hydrogen (secondary N) is 1. The molecule has 0 aromatic heterocycles. The molecule has 1 rings (SSSR count). The van der Waals surface area contributed by atoms with Crippen molar-refractivity contribution in [3.63, 3.8) is 0 Å². The van der Waals surface area contributed by atoms with Gasteiger partial charge in [0.15, 0.2) is 0 Å². The Balaban J connectivity index is 3.10. The minimum absolute atomic E-state index is 0.195. The molecule has 0 saturated heterocycles. The van der Waals surface area contributed by atoms with E-state index in [1.807, 2.05) is 19.1 Å². The number of benzene rings is 1. The SMILES string of the molecule is CCNC(CC(C)(C)C)c1cc(Cl)c(OCC)cc1Cl. The van der Waals surface area contributed by atoms with Crippen LogP contribution in [0.5, 0.6) is 5.75 Å². The molecule has 1 aromatic carbocycles. The molecule has 2 nitrogen and oxygen atoms in total. The number of hydrogen-bond donors (Lipinski definition) is 1. The minimum atomic E-state index is 0.195. The lowest BCUT2D eigenvalue weighted by atomic mass is 9.85. The Morgan fingerprint density at radius 1 is 1.15 bits per heavy atom. The molecule has 0 fully saturated rings. The molecule has 0 amide bonds. The van der Waals surface area contributed by atoms with Crippen LogP contribution in [0.3, 0.4) is 0 Å². The molecular weight excluding hydrogens is 293 g/mol. The predicted molar refractivity (Wildman–Crippen MR) is 88.1 cm³/mol. The summed E-state index contributed by atoms with van der Waals surface area (Å²) < 4.78 is 5.48. The second-order valence-corrected chi connectivity index (χ2v) is 6.93. The maximum absolute atomic E-state index is 6.42. The summed E-state index contributed by atoms with van der Waals surface area (Å²) in [5.74, 6) is 0.647. The quantitative estimate of drug-likeness (QED) is 0.750. The molecule has 114 valence electrons. The van der Waals surface area contributed by atoms with Crippen LogP contribution in [0.2, 0.25) is 10.0 Å². The summed E-state index contributed by atoms with van der Waals surface area (Å²) in [6.45, 7) is 12.2. The first kappa shape index (κ1) is 17.6. The summed E-state index contributed by atoms with van der Waals surface area (Å²) in [6.07, 6.45) is 0.991. The summed E-state index contributed by atoms with van der Waals surface area (Å²) in [4.78, 5) is 0. The van der Waals surface area contributed by atoms with Crippen molar-refractivity contribution in [1.29, 1.82) is 0 Å². The fourth-order valence-electron chi connectivity index (χ4n) is 2.23. The van der Waals surface area contributed by atoms with E-state index < -0.39 is 0 Å². The van der Waals surface area contributed by atoms with E-state index in [1.165, 1.54) is 0 Å². The normalized spacial score (nSPS) is 13.3. The van der Waals surface area contributed by atoms with E-state index in [0.29, 0.717) is 22.4 Å². The molecule has 0 spiro atoms. The highest BCUT2D eigenvalue weighted by molar-refractivity contribution is 6.34. The van der Waals surface area contributed by atoms with E-state index in [-0.39, 0.29) is 11.5 Å². The maximum atomic E-state index is 6.42. The summed E-state index contributed by atoms with van der Waals surface area (Å²) in [6, 6.07) is 3.93. The van der Waals surface area contributed by atoms with Gasteiger partial charge < -0.3 is 10.1 Å². The third-order valence-corrected chi connectivity index (χ3v) is 3.62. The third kappa shape index (κ3) is 5.16. The molecule has 0 aliphatic heterocycles. The molecule has 0 heterocycles. The molecule has 1 atom stereocenters. The van der Waals surface area contributed by atoms with Gasteiger partial charge in [-0.1, -0.05) is 50.9 Å². The van der Waals surface area contributed by atoms with Crippen LogP contribution in [0.4, 0.5) is 0 Å². The Morgan fingerprint density at radius 3 is 2.30 bits per heavy atom. The molecular formula is C16H25Cl2NO. The van der Waals surface area contributed by atoms with Crippen LogP contribution in [-0.4, -0.2) is 13.2 Å². The lowest BCUT2D eigenvalue weighted by Crippen LogP contribution is -2.25. The predicted octanol–water partition coefficient (Wildman–Crippen LogP) is 5.48. The summed E-state index contributed by atoms with van der Waals surface area (Å²) in [5, 5.41) is 4.81. The summed E-state index contributed by atoms with van der Waals surface area (Å²) in [7, 11) is 0. The molecule has 20 heavy (non-hydrogen) atoms. The molecule has 0 bridgehead atoms. The largest absolute Gasteiger partial charge is 0.492 e. The fraction of sp³-hybridized carbons (Fsp3) is 0.625. The maximum Gasteiger partial charge on any atom is 0.139 e. The average molecular weight is 318 g/mol. The molecule has 1 unspecified atom stereocenters. The van der Waals surface area contributed by atoms with E-state index >= 15 is 0 Å². The van der Waals surface area contributed by atoms with Gasteiger partial charge in [-0.15, -0.1) is 0 Å². The highest BCUT2D eigenvalue weighted by Gasteiger charge is 2.22. The van der Waals surface area contributed by atoms with Crippen molar-refractivity contribution < 1.29 is 4.74 Å². The highest BCUT2D eigenvalue weighted by atomic mass is 35.5. The second-order valence-electron chi connectivity index (χ2n) is 6.11. The van der Waals surface area contributed by atoms with Gasteiger partial charge in [-0.2, -0.15) is 0 Å². The molecule has 0 aliphatic rings. The Labute approximate surface area is 132 Å². The van der Waals surface area contributed by atoms with Crippen molar-refractivity contribution >= 4 is 23.2 Å².